The molecule has 0 rings (SSSR count). The van der Waals surface area contributed by atoms with Crippen LogP contribution in [0.15, 0.2) is 0 Å². The molecule has 0 unspecified atom stereocenters. The average Bonchev–Trinajstić information content (AvgIpc) is 2.15. The summed E-state index contributed by atoms with van der Waals surface area (Å²) in [5, 5.41) is 8.41. The SMILES string of the molecule is CCCCCCCCCCCC(=O)O.O.O.O.O.[Ti]. The van der Waals surface area contributed by atoms with E-state index in [-0.39, 0.29) is 43.6 Å². The van der Waals surface area contributed by atoms with Crippen molar-refractivity contribution in [3.05, 3.63) is 0 Å². The van der Waals surface area contributed by atoms with Crippen molar-refractivity contribution < 1.29 is 53.5 Å². The molecule has 0 aliphatic rings. The van der Waals surface area contributed by atoms with Crippen molar-refractivity contribution in [3.8, 4) is 0 Å². The first-order valence-corrected chi connectivity index (χ1v) is 5.99. The summed E-state index contributed by atoms with van der Waals surface area (Å²) in [6.45, 7) is 2.23. The second kappa shape index (κ2) is 30.8. The van der Waals surface area contributed by atoms with Crippen molar-refractivity contribution in [2.24, 2.45) is 0 Å². The molecule has 0 radical (unpaired) electrons. The summed E-state index contributed by atoms with van der Waals surface area (Å²) in [4.78, 5) is 10.2. The van der Waals surface area contributed by atoms with Crippen LogP contribution in [-0.2, 0) is 26.5 Å². The standard InChI is InChI=1S/C12H24O2.4H2O.Ti/c1-2-3-4-5-6-7-8-9-10-11-12(13)14;;;;;/h2-11H2,1H3,(H,13,14);4*1H2;. The molecule has 0 saturated carbocycles. The molecule has 6 nitrogen and oxygen atoms in total. The first-order chi connectivity index (χ1) is 6.77. The number of hydrogen-bond acceptors (Lipinski definition) is 1. The minimum atomic E-state index is -0.659. The van der Waals surface area contributed by atoms with Gasteiger partial charge >= 0.3 is 5.97 Å². The van der Waals surface area contributed by atoms with E-state index in [2.05, 4.69) is 6.92 Å². The zero-order chi connectivity index (χ0) is 10.6. The van der Waals surface area contributed by atoms with Crippen LogP contribution in [0.3, 0.4) is 0 Å². The Labute approximate surface area is 131 Å². The Kier molecular flexibility index (Phi) is 59.1. The minimum absolute atomic E-state index is 0. The van der Waals surface area contributed by atoms with Gasteiger partial charge in [-0.3, -0.25) is 4.79 Å². The van der Waals surface area contributed by atoms with Gasteiger partial charge in [0.05, 0.1) is 0 Å². The maximum absolute atomic E-state index is 10.2. The molecule has 19 heavy (non-hydrogen) atoms. The molecule has 0 amide bonds. The number of unbranched alkanes of at least 4 members (excludes halogenated alkanes) is 8. The van der Waals surface area contributed by atoms with Gasteiger partial charge in [-0.05, 0) is 6.42 Å². The normalized spacial score (nSPS) is 7.63. The molecule has 7 heteroatoms. The summed E-state index contributed by atoms with van der Waals surface area (Å²) in [6.07, 6.45) is 11.5. The smallest absolute Gasteiger partial charge is 0.303 e. The van der Waals surface area contributed by atoms with Crippen molar-refractivity contribution in [1.29, 1.82) is 0 Å². The summed E-state index contributed by atoms with van der Waals surface area (Å²) in [5.74, 6) is -0.659. The van der Waals surface area contributed by atoms with Gasteiger partial charge in [0.2, 0.25) is 0 Å². The third kappa shape index (κ3) is 38.1. The molecule has 0 aliphatic carbocycles. The molecule has 0 heterocycles. The summed E-state index contributed by atoms with van der Waals surface area (Å²) in [6, 6.07) is 0. The predicted octanol–water partition coefficient (Wildman–Crippen LogP) is 0.691. The minimum Gasteiger partial charge on any atom is -0.481 e. The number of carbonyl (C=O) groups is 1. The fraction of sp³-hybridized carbons (Fsp3) is 0.917. The van der Waals surface area contributed by atoms with Crippen molar-refractivity contribution in [3.63, 3.8) is 0 Å². The van der Waals surface area contributed by atoms with E-state index in [0.717, 1.165) is 12.8 Å². The number of carboxylic acid groups (broad SMARTS) is 1. The van der Waals surface area contributed by atoms with E-state index in [1.807, 2.05) is 0 Å². The van der Waals surface area contributed by atoms with Crippen LogP contribution in [0.1, 0.15) is 71.1 Å². The molecule has 9 N–H and O–H groups in total. The van der Waals surface area contributed by atoms with Gasteiger partial charge in [-0.1, -0.05) is 58.3 Å². The van der Waals surface area contributed by atoms with Gasteiger partial charge in [-0.15, -0.1) is 0 Å². The van der Waals surface area contributed by atoms with Crippen molar-refractivity contribution in [2.75, 3.05) is 0 Å². The average molecular weight is 320 g/mol. The van der Waals surface area contributed by atoms with E-state index < -0.39 is 5.97 Å². The van der Waals surface area contributed by atoms with Crippen LogP contribution >= 0.6 is 0 Å². The Morgan fingerprint density at radius 2 is 1.05 bits per heavy atom. The Hall–Kier alpha value is 0.0243. The van der Waals surface area contributed by atoms with Crippen molar-refractivity contribution in [2.45, 2.75) is 71.1 Å². The maximum Gasteiger partial charge on any atom is 0.303 e. The predicted molar refractivity (Wildman–Crippen MR) is 73.9 cm³/mol. The maximum atomic E-state index is 10.2. The van der Waals surface area contributed by atoms with Crippen LogP contribution < -0.4 is 0 Å². The largest absolute Gasteiger partial charge is 0.481 e. The zero-order valence-electron chi connectivity index (χ0n) is 11.9. The van der Waals surface area contributed by atoms with Gasteiger partial charge in [0, 0.05) is 28.1 Å². The molecule has 0 aromatic carbocycles. The quantitative estimate of drug-likeness (QED) is 0.463. The van der Waals surface area contributed by atoms with Crippen LogP contribution in [0.2, 0.25) is 0 Å². The van der Waals surface area contributed by atoms with E-state index in [1.165, 1.54) is 44.9 Å². The molecule has 0 bridgehead atoms. The van der Waals surface area contributed by atoms with Crippen LogP contribution in [-0.4, -0.2) is 33.0 Å². The van der Waals surface area contributed by atoms with Crippen LogP contribution in [0.25, 0.3) is 0 Å². The van der Waals surface area contributed by atoms with E-state index in [0.29, 0.717) is 6.42 Å². The van der Waals surface area contributed by atoms with Gasteiger partial charge in [-0.25, -0.2) is 0 Å². The molecule has 0 atom stereocenters. The Morgan fingerprint density at radius 1 is 0.737 bits per heavy atom. The van der Waals surface area contributed by atoms with Gasteiger partial charge in [0.15, 0.2) is 0 Å². The summed E-state index contributed by atoms with van der Waals surface area (Å²) in [5.41, 5.74) is 0. The third-order valence-electron chi connectivity index (χ3n) is 2.49. The topological polar surface area (TPSA) is 163 Å². The first-order valence-electron chi connectivity index (χ1n) is 5.99. The number of aliphatic carboxylic acids is 1. The van der Waals surface area contributed by atoms with Gasteiger partial charge in [0.25, 0.3) is 0 Å². The van der Waals surface area contributed by atoms with Crippen molar-refractivity contribution in [1.82, 2.24) is 0 Å². The number of rotatable bonds is 10. The summed E-state index contributed by atoms with van der Waals surface area (Å²) < 4.78 is 0. The monoisotopic (exact) mass is 320 g/mol. The zero-order valence-corrected chi connectivity index (χ0v) is 13.5. The van der Waals surface area contributed by atoms with Gasteiger partial charge in [0.1, 0.15) is 0 Å². The molecule has 0 aliphatic heterocycles. The Morgan fingerprint density at radius 3 is 1.37 bits per heavy atom. The molecule has 0 saturated heterocycles. The molecule has 0 aromatic rings. The summed E-state index contributed by atoms with van der Waals surface area (Å²) >= 11 is 0. The Bertz CT molecular complexity index is 146. The molecule has 0 spiro atoms. The molecular formula is C12H32O6Ti. The fourth-order valence-electron chi connectivity index (χ4n) is 1.59. The van der Waals surface area contributed by atoms with E-state index >= 15 is 0 Å². The molecular weight excluding hydrogens is 288 g/mol. The molecule has 0 aromatic heterocycles. The van der Waals surface area contributed by atoms with Gasteiger partial charge in [-0.2, -0.15) is 0 Å². The van der Waals surface area contributed by atoms with E-state index in [1.54, 1.807) is 0 Å². The Balaban J connectivity index is -0.0000000845. The van der Waals surface area contributed by atoms with Crippen LogP contribution in [0.4, 0.5) is 0 Å². The van der Waals surface area contributed by atoms with Crippen LogP contribution in [0.5, 0.6) is 0 Å². The molecule has 0 fully saturated rings. The van der Waals surface area contributed by atoms with E-state index in [9.17, 15) is 4.79 Å². The third-order valence-corrected chi connectivity index (χ3v) is 2.49. The second-order valence-electron chi connectivity index (χ2n) is 3.97. The first kappa shape index (κ1) is 36.4. The second-order valence-corrected chi connectivity index (χ2v) is 3.97. The number of hydrogen-bond donors (Lipinski definition) is 1. The van der Waals surface area contributed by atoms with Crippen LogP contribution in [0, 0.1) is 0 Å². The van der Waals surface area contributed by atoms with Crippen molar-refractivity contribution >= 4 is 5.97 Å². The fourth-order valence-corrected chi connectivity index (χ4v) is 1.59. The number of carboxylic acids is 1. The molecule has 120 valence electrons. The van der Waals surface area contributed by atoms with E-state index in [4.69, 9.17) is 5.11 Å². The summed E-state index contributed by atoms with van der Waals surface area (Å²) in [7, 11) is 0. The van der Waals surface area contributed by atoms with Gasteiger partial charge < -0.3 is 27.0 Å².